The maximum absolute atomic E-state index is 5.20. The smallest absolute Gasteiger partial charge is 0.206 e. The minimum Gasteiger partial charge on any atom is -0.364 e. The molecule has 0 aliphatic carbocycles. The molecule has 0 fully saturated rings. The average Bonchev–Trinajstić information content (AvgIpc) is 3.17. The highest BCUT2D eigenvalue weighted by Crippen LogP contribution is 2.27. The van der Waals surface area contributed by atoms with Gasteiger partial charge in [-0.1, -0.05) is 28.6 Å². The van der Waals surface area contributed by atoms with Crippen LogP contribution in [-0.2, 0) is 0 Å². The van der Waals surface area contributed by atoms with E-state index in [-0.39, 0.29) is 5.92 Å². The highest BCUT2D eigenvalue weighted by molar-refractivity contribution is 7.18. The zero-order valence-corrected chi connectivity index (χ0v) is 12.8. The third-order valence-electron chi connectivity index (χ3n) is 3.22. The van der Waals surface area contributed by atoms with Crippen LogP contribution in [0.25, 0.3) is 10.7 Å². The molecular weight excluding hydrogens is 290 g/mol. The van der Waals surface area contributed by atoms with Gasteiger partial charge in [-0.2, -0.15) is 0 Å². The molecule has 8 heteroatoms. The second-order valence-corrected chi connectivity index (χ2v) is 5.79. The molecule has 1 atom stereocenters. The van der Waals surface area contributed by atoms with Crippen LogP contribution in [-0.4, -0.2) is 27.1 Å². The molecule has 7 nitrogen and oxygen atoms in total. The molecule has 0 spiro atoms. The first-order chi connectivity index (χ1) is 10.1. The highest BCUT2D eigenvalue weighted by atomic mass is 32.1. The summed E-state index contributed by atoms with van der Waals surface area (Å²) in [5.41, 5.74) is 2.77. The minimum atomic E-state index is 0.274. The number of hydrogen-bond donors (Lipinski definition) is 1. The van der Waals surface area contributed by atoms with E-state index in [2.05, 4.69) is 32.8 Å². The molecule has 3 aromatic rings. The Balaban J connectivity index is 1.66. The molecule has 0 unspecified atom stereocenters. The molecular formula is C13H15N5O2S. The predicted octanol–water partition coefficient (Wildman–Crippen LogP) is 3.01. The van der Waals surface area contributed by atoms with Gasteiger partial charge in [0.05, 0.1) is 5.69 Å². The van der Waals surface area contributed by atoms with Gasteiger partial charge in [0.25, 0.3) is 0 Å². The number of nitrogens with one attached hydrogen (secondary N) is 1. The van der Waals surface area contributed by atoms with E-state index in [1.165, 1.54) is 17.6 Å². The average molecular weight is 305 g/mol. The number of aromatic nitrogens is 4. The van der Waals surface area contributed by atoms with Crippen LogP contribution < -0.4 is 5.32 Å². The molecule has 3 heterocycles. The van der Waals surface area contributed by atoms with Crippen molar-refractivity contribution in [3.05, 3.63) is 29.3 Å². The van der Waals surface area contributed by atoms with Crippen molar-refractivity contribution in [1.82, 2.24) is 20.5 Å². The van der Waals surface area contributed by atoms with Crippen molar-refractivity contribution >= 4 is 16.5 Å². The Morgan fingerprint density at radius 1 is 1.29 bits per heavy atom. The minimum absolute atomic E-state index is 0.274. The van der Waals surface area contributed by atoms with Gasteiger partial charge in [-0.3, -0.25) is 0 Å². The van der Waals surface area contributed by atoms with Crippen molar-refractivity contribution in [2.45, 2.75) is 26.7 Å². The van der Waals surface area contributed by atoms with E-state index in [0.29, 0.717) is 5.69 Å². The van der Waals surface area contributed by atoms with E-state index >= 15 is 0 Å². The molecule has 0 saturated heterocycles. The summed E-state index contributed by atoms with van der Waals surface area (Å²) in [4.78, 5) is 0. The van der Waals surface area contributed by atoms with Crippen molar-refractivity contribution in [2.24, 2.45) is 0 Å². The Hall–Kier alpha value is -2.22. The topological polar surface area (TPSA) is 89.9 Å². The lowest BCUT2D eigenvalue weighted by atomic mass is 10.00. The second-order valence-electron chi connectivity index (χ2n) is 4.82. The Kier molecular flexibility index (Phi) is 3.70. The van der Waals surface area contributed by atoms with Crippen molar-refractivity contribution in [2.75, 3.05) is 11.9 Å². The summed E-state index contributed by atoms with van der Waals surface area (Å²) >= 11 is 1.44. The summed E-state index contributed by atoms with van der Waals surface area (Å²) < 4.78 is 10.0. The molecule has 3 aromatic heterocycles. The van der Waals surface area contributed by atoms with Gasteiger partial charge < -0.3 is 14.4 Å². The maximum Gasteiger partial charge on any atom is 0.206 e. The number of nitrogens with zero attached hydrogens (tertiary/aromatic N) is 4. The molecule has 0 amide bonds. The first-order valence-corrected chi connectivity index (χ1v) is 7.37. The lowest BCUT2D eigenvalue weighted by Crippen LogP contribution is -2.10. The standard InChI is InChI=1S/C13H15N5O2S/c1-7(11-8(2)17-20-9(11)3)6-14-13-16-15-12(21-13)10-4-5-19-18-10/h4-5,7H,6H2,1-3H3,(H,14,16)/t7-/m1/s1. The van der Waals surface area contributed by atoms with Gasteiger partial charge in [0.2, 0.25) is 5.13 Å². The Morgan fingerprint density at radius 3 is 2.81 bits per heavy atom. The molecule has 21 heavy (non-hydrogen) atoms. The molecule has 1 N–H and O–H groups in total. The molecule has 0 saturated carbocycles. The van der Waals surface area contributed by atoms with Crippen LogP contribution in [0.3, 0.4) is 0 Å². The van der Waals surface area contributed by atoms with Gasteiger partial charge in [-0.25, -0.2) is 0 Å². The zero-order valence-electron chi connectivity index (χ0n) is 12.0. The predicted molar refractivity (Wildman–Crippen MR) is 78.3 cm³/mol. The van der Waals surface area contributed by atoms with Gasteiger partial charge in [-0.15, -0.1) is 10.2 Å². The number of aryl methyl sites for hydroxylation is 2. The lowest BCUT2D eigenvalue weighted by molar-refractivity contribution is 0.391. The molecule has 3 rings (SSSR count). The summed E-state index contributed by atoms with van der Waals surface area (Å²) in [7, 11) is 0. The van der Waals surface area contributed by atoms with E-state index < -0.39 is 0 Å². The molecule has 0 radical (unpaired) electrons. The Bertz CT molecular complexity index is 699. The van der Waals surface area contributed by atoms with E-state index in [9.17, 15) is 0 Å². The fourth-order valence-electron chi connectivity index (χ4n) is 2.26. The summed E-state index contributed by atoms with van der Waals surface area (Å²) in [6, 6.07) is 1.76. The molecule has 0 aliphatic heterocycles. The van der Waals surface area contributed by atoms with Gasteiger partial charge in [0.15, 0.2) is 5.01 Å². The van der Waals surface area contributed by atoms with Crippen LogP contribution >= 0.6 is 11.3 Å². The van der Waals surface area contributed by atoms with E-state index in [0.717, 1.165) is 33.7 Å². The monoisotopic (exact) mass is 305 g/mol. The van der Waals surface area contributed by atoms with Crippen LogP contribution in [0.1, 0.15) is 29.9 Å². The van der Waals surface area contributed by atoms with Gasteiger partial charge in [0, 0.05) is 24.1 Å². The summed E-state index contributed by atoms with van der Waals surface area (Å²) in [6.07, 6.45) is 1.52. The summed E-state index contributed by atoms with van der Waals surface area (Å²) in [6.45, 7) is 6.74. The summed E-state index contributed by atoms with van der Waals surface area (Å²) in [5.74, 6) is 1.14. The lowest BCUT2D eigenvalue weighted by Gasteiger charge is -2.11. The first kappa shape index (κ1) is 13.7. The molecule has 0 bridgehead atoms. The van der Waals surface area contributed by atoms with Crippen molar-refractivity contribution in [3.8, 4) is 10.7 Å². The summed E-state index contributed by atoms with van der Waals surface area (Å²) in [5, 5.41) is 20.8. The van der Waals surface area contributed by atoms with Gasteiger partial charge in [0.1, 0.15) is 17.7 Å². The van der Waals surface area contributed by atoms with E-state index in [1.807, 2.05) is 13.8 Å². The highest BCUT2D eigenvalue weighted by Gasteiger charge is 2.17. The van der Waals surface area contributed by atoms with Crippen LogP contribution in [0.4, 0.5) is 5.13 Å². The molecule has 0 aliphatic rings. The maximum atomic E-state index is 5.20. The number of rotatable bonds is 5. The van der Waals surface area contributed by atoms with Crippen molar-refractivity contribution < 1.29 is 9.05 Å². The van der Waals surface area contributed by atoms with Crippen molar-refractivity contribution in [1.29, 1.82) is 0 Å². The molecule has 0 aromatic carbocycles. The van der Waals surface area contributed by atoms with Crippen LogP contribution in [0, 0.1) is 13.8 Å². The second kappa shape index (κ2) is 5.65. The Morgan fingerprint density at radius 2 is 2.14 bits per heavy atom. The van der Waals surface area contributed by atoms with Gasteiger partial charge >= 0.3 is 0 Å². The van der Waals surface area contributed by atoms with E-state index in [4.69, 9.17) is 9.05 Å². The largest absolute Gasteiger partial charge is 0.364 e. The van der Waals surface area contributed by atoms with Crippen molar-refractivity contribution in [3.63, 3.8) is 0 Å². The third-order valence-corrected chi connectivity index (χ3v) is 4.13. The van der Waals surface area contributed by atoms with E-state index in [1.54, 1.807) is 6.07 Å². The van der Waals surface area contributed by atoms with Gasteiger partial charge in [-0.05, 0) is 13.8 Å². The van der Waals surface area contributed by atoms with Crippen LogP contribution in [0.15, 0.2) is 21.4 Å². The fourth-order valence-corrected chi connectivity index (χ4v) is 2.97. The Labute approximate surface area is 125 Å². The SMILES string of the molecule is Cc1noc(C)c1[C@H](C)CNc1nnc(-c2ccon2)s1. The van der Waals surface area contributed by atoms with Crippen LogP contribution in [0.2, 0.25) is 0 Å². The quantitative estimate of drug-likeness (QED) is 0.774. The third kappa shape index (κ3) is 2.80. The molecule has 110 valence electrons. The van der Waals surface area contributed by atoms with Crippen LogP contribution in [0.5, 0.6) is 0 Å². The number of hydrogen-bond acceptors (Lipinski definition) is 8. The normalized spacial score (nSPS) is 12.5. The zero-order chi connectivity index (χ0) is 14.8. The number of anilines is 1. The first-order valence-electron chi connectivity index (χ1n) is 6.56. The fraction of sp³-hybridized carbons (Fsp3) is 0.385.